The number of nitrogens with one attached hydrogen (secondary N) is 1. The number of carbonyl (C=O) groups excluding carboxylic acids is 1. The number of amides is 1. The average molecular weight is 400 g/mol. The van der Waals surface area contributed by atoms with Crippen LogP contribution in [-0.4, -0.2) is 23.0 Å². The van der Waals surface area contributed by atoms with Gasteiger partial charge in [0.15, 0.2) is 0 Å². The van der Waals surface area contributed by atoms with Gasteiger partial charge in [0.1, 0.15) is 16.5 Å². The highest BCUT2D eigenvalue weighted by Crippen LogP contribution is 2.31. The number of thiazole rings is 1. The van der Waals surface area contributed by atoms with E-state index in [1.165, 1.54) is 11.3 Å². The lowest BCUT2D eigenvalue weighted by atomic mass is 9.94. The molecule has 1 fully saturated rings. The quantitative estimate of drug-likeness (QED) is 0.648. The normalized spacial score (nSPS) is 19.6. The Morgan fingerprint density at radius 2 is 1.93 bits per heavy atom. The second-order valence-electron chi connectivity index (χ2n) is 6.62. The van der Waals surface area contributed by atoms with Gasteiger partial charge in [-0.2, -0.15) is 0 Å². The highest BCUT2D eigenvalue weighted by atomic mass is 32.1. The van der Waals surface area contributed by atoms with E-state index in [1.54, 1.807) is 16.7 Å². The van der Waals surface area contributed by atoms with Crippen molar-refractivity contribution in [1.82, 2.24) is 4.98 Å². The lowest BCUT2D eigenvalue weighted by molar-refractivity contribution is 0.102. The number of aromatic nitrogens is 1. The Morgan fingerprint density at radius 3 is 2.70 bits per heavy atom. The van der Waals surface area contributed by atoms with Crippen LogP contribution in [0.3, 0.4) is 0 Å². The highest BCUT2D eigenvalue weighted by molar-refractivity contribution is 7.20. The number of carbonyl (C=O) groups is 1. The zero-order chi connectivity index (χ0) is 18.6. The number of nitrogens with zero attached hydrogens (tertiary/aromatic N) is 1. The zero-order valence-corrected chi connectivity index (χ0v) is 16.4. The summed E-state index contributed by atoms with van der Waals surface area (Å²) in [4.78, 5) is 18.2. The molecule has 140 valence electrons. The van der Waals surface area contributed by atoms with Crippen molar-refractivity contribution < 1.29 is 9.53 Å². The van der Waals surface area contributed by atoms with Gasteiger partial charge in [0, 0.05) is 11.4 Å². The molecule has 1 aliphatic rings. The Labute approximate surface area is 166 Å². The van der Waals surface area contributed by atoms with Gasteiger partial charge in [-0.3, -0.25) is 4.79 Å². The maximum absolute atomic E-state index is 12.6. The molecule has 0 radical (unpaired) electrons. The Hall–Kier alpha value is -2.22. The summed E-state index contributed by atoms with van der Waals surface area (Å²) in [7, 11) is 0. The number of anilines is 1. The molecule has 1 aliphatic carbocycles. The Kier molecular flexibility index (Phi) is 5.52. The molecule has 1 saturated carbocycles. The van der Waals surface area contributed by atoms with Gasteiger partial charge in [0.25, 0.3) is 5.91 Å². The second-order valence-corrected chi connectivity index (χ2v) is 8.43. The predicted octanol–water partition coefficient (Wildman–Crippen LogP) is 4.77. The van der Waals surface area contributed by atoms with Gasteiger partial charge >= 0.3 is 0 Å². The summed E-state index contributed by atoms with van der Waals surface area (Å²) >= 11 is 3.09. The molecule has 2 heterocycles. The highest BCUT2D eigenvalue weighted by Gasteiger charge is 2.21. The van der Waals surface area contributed by atoms with Crippen LogP contribution >= 0.6 is 22.7 Å². The molecule has 7 heteroatoms. The SMILES string of the molecule is N[C@H]1CC[C@H](Oc2ccccc2NC(=O)c2csc(-c3cccs3)n2)CC1. The molecule has 2 aromatic heterocycles. The van der Waals surface area contributed by atoms with Crippen molar-refractivity contribution in [2.24, 2.45) is 5.73 Å². The van der Waals surface area contributed by atoms with Crippen molar-refractivity contribution in [2.45, 2.75) is 37.8 Å². The second kappa shape index (κ2) is 8.21. The van der Waals surface area contributed by atoms with Crippen LogP contribution < -0.4 is 15.8 Å². The first-order chi connectivity index (χ1) is 13.2. The summed E-state index contributed by atoms with van der Waals surface area (Å²) in [5, 5.41) is 7.59. The van der Waals surface area contributed by atoms with Crippen molar-refractivity contribution in [3.63, 3.8) is 0 Å². The molecule has 0 unspecified atom stereocenters. The molecule has 0 saturated heterocycles. The summed E-state index contributed by atoms with van der Waals surface area (Å²) in [6.45, 7) is 0. The molecule has 0 aliphatic heterocycles. The van der Waals surface area contributed by atoms with Gasteiger partial charge in [0.2, 0.25) is 0 Å². The molecule has 1 amide bonds. The van der Waals surface area contributed by atoms with Crippen LogP contribution in [0.4, 0.5) is 5.69 Å². The number of rotatable bonds is 5. The molecule has 0 spiro atoms. The van der Waals surface area contributed by atoms with Gasteiger partial charge in [0.05, 0.1) is 16.7 Å². The standard InChI is InChI=1S/C20H21N3O2S2/c21-13-7-9-14(10-8-13)25-17-5-2-1-4-15(17)22-19(24)16-12-27-20(23-16)18-6-3-11-26-18/h1-6,11-14H,7-10,21H2,(H,22,24)/t13-,14-. The third kappa shape index (κ3) is 4.37. The number of para-hydroxylation sites is 2. The summed E-state index contributed by atoms with van der Waals surface area (Å²) in [5.41, 5.74) is 7.06. The van der Waals surface area contributed by atoms with E-state index < -0.39 is 0 Å². The van der Waals surface area contributed by atoms with E-state index in [9.17, 15) is 4.79 Å². The fraction of sp³-hybridized carbons (Fsp3) is 0.300. The summed E-state index contributed by atoms with van der Waals surface area (Å²) in [6.07, 6.45) is 3.99. The van der Waals surface area contributed by atoms with Crippen LogP contribution in [0.2, 0.25) is 0 Å². The minimum Gasteiger partial charge on any atom is -0.488 e. The van der Waals surface area contributed by atoms with Crippen molar-refractivity contribution >= 4 is 34.3 Å². The minimum atomic E-state index is -0.226. The van der Waals surface area contributed by atoms with Crippen LogP contribution in [0, 0.1) is 0 Å². The number of benzene rings is 1. The van der Waals surface area contributed by atoms with Crippen molar-refractivity contribution in [1.29, 1.82) is 0 Å². The largest absolute Gasteiger partial charge is 0.488 e. The first-order valence-corrected chi connectivity index (χ1v) is 10.8. The van der Waals surface area contributed by atoms with Crippen LogP contribution in [0.1, 0.15) is 36.2 Å². The van der Waals surface area contributed by atoms with Gasteiger partial charge in [-0.25, -0.2) is 4.98 Å². The lowest BCUT2D eigenvalue weighted by Crippen LogP contribution is -2.31. The maximum atomic E-state index is 12.6. The molecule has 5 nitrogen and oxygen atoms in total. The Morgan fingerprint density at radius 1 is 1.11 bits per heavy atom. The molecule has 1 aromatic carbocycles. The molecule has 0 atom stereocenters. The Balaban J connectivity index is 1.45. The summed E-state index contributed by atoms with van der Waals surface area (Å²) in [6, 6.07) is 11.8. The third-order valence-electron chi connectivity index (χ3n) is 4.62. The smallest absolute Gasteiger partial charge is 0.275 e. The monoisotopic (exact) mass is 399 g/mol. The molecule has 0 bridgehead atoms. The van der Waals surface area contributed by atoms with Gasteiger partial charge in [-0.15, -0.1) is 22.7 Å². The lowest BCUT2D eigenvalue weighted by Gasteiger charge is -2.27. The van der Waals surface area contributed by atoms with Crippen molar-refractivity contribution in [3.8, 4) is 15.6 Å². The van der Waals surface area contributed by atoms with Crippen LogP contribution in [0.5, 0.6) is 5.75 Å². The van der Waals surface area contributed by atoms with Crippen molar-refractivity contribution in [3.05, 3.63) is 52.9 Å². The van der Waals surface area contributed by atoms with E-state index in [1.807, 2.05) is 41.8 Å². The fourth-order valence-electron chi connectivity index (χ4n) is 3.14. The van der Waals surface area contributed by atoms with Crippen LogP contribution in [0.25, 0.3) is 9.88 Å². The maximum Gasteiger partial charge on any atom is 0.275 e. The van der Waals surface area contributed by atoms with E-state index >= 15 is 0 Å². The van der Waals surface area contributed by atoms with Gasteiger partial charge in [-0.1, -0.05) is 18.2 Å². The van der Waals surface area contributed by atoms with Gasteiger partial charge in [-0.05, 0) is 49.3 Å². The fourth-order valence-corrected chi connectivity index (χ4v) is 4.75. The third-order valence-corrected chi connectivity index (χ3v) is 6.50. The molecule has 3 N–H and O–H groups in total. The topological polar surface area (TPSA) is 77.2 Å². The van der Waals surface area contributed by atoms with Crippen molar-refractivity contribution in [2.75, 3.05) is 5.32 Å². The first kappa shape index (κ1) is 18.2. The van der Waals surface area contributed by atoms with E-state index in [0.717, 1.165) is 35.6 Å². The Bertz CT molecular complexity index is 900. The van der Waals surface area contributed by atoms with Gasteiger partial charge < -0.3 is 15.8 Å². The van der Waals surface area contributed by atoms with Crippen LogP contribution in [-0.2, 0) is 0 Å². The zero-order valence-electron chi connectivity index (χ0n) is 14.8. The minimum absolute atomic E-state index is 0.146. The number of thiophene rings is 1. The van der Waals surface area contributed by atoms with E-state index in [0.29, 0.717) is 17.1 Å². The van der Waals surface area contributed by atoms with E-state index in [-0.39, 0.29) is 18.1 Å². The first-order valence-electron chi connectivity index (χ1n) is 9.01. The predicted molar refractivity (Wildman–Crippen MR) is 111 cm³/mol. The molecule has 4 rings (SSSR count). The number of hydrogen-bond donors (Lipinski definition) is 2. The van der Waals surface area contributed by atoms with E-state index in [2.05, 4.69) is 10.3 Å². The molecular formula is C20H21N3O2S2. The molecular weight excluding hydrogens is 378 g/mol. The summed E-state index contributed by atoms with van der Waals surface area (Å²) < 4.78 is 6.15. The molecule has 3 aromatic rings. The number of hydrogen-bond acceptors (Lipinski definition) is 6. The number of ether oxygens (including phenoxy) is 1. The number of nitrogens with two attached hydrogens (primary N) is 1. The average Bonchev–Trinajstić information content (AvgIpc) is 3.36. The van der Waals surface area contributed by atoms with Crippen LogP contribution in [0.15, 0.2) is 47.2 Å². The molecule has 27 heavy (non-hydrogen) atoms. The summed E-state index contributed by atoms with van der Waals surface area (Å²) in [5.74, 6) is 0.468. The van der Waals surface area contributed by atoms with E-state index in [4.69, 9.17) is 10.5 Å².